The lowest BCUT2D eigenvalue weighted by Crippen LogP contribution is -1.81. The summed E-state index contributed by atoms with van der Waals surface area (Å²) in [6.07, 6.45) is 1.86. The van der Waals surface area contributed by atoms with Gasteiger partial charge in [-0.05, 0) is 6.07 Å². The van der Waals surface area contributed by atoms with Crippen molar-refractivity contribution in [3.8, 4) is 5.88 Å². The maximum absolute atomic E-state index is 5.16. The number of nitrogens with zero attached hydrogens (tertiary/aromatic N) is 1. The molecule has 0 saturated carbocycles. The van der Waals surface area contributed by atoms with Gasteiger partial charge in [0.05, 0.1) is 18.1 Å². The van der Waals surface area contributed by atoms with Crippen LogP contribution in [-0.4, -0.2) is 17.1 Å². The molecule has 74 valence electrons. The number of pyridine rings is 1. The standard InChI is InChI=1S/C12H10N2O/c1-15-11-6-8-7-13-10-5-3-2-4-9(10)12(8)14-11/h2-7,14H,1H3. The molecule has 0 atom stereocenters. The van der Waals surface area contributed by atoms with Crippen LogP contribution in [0.1, 0.15) is 0 Å². The summed E-state index contributed by atoms with van der Waals surface area (Å²) >= 11 is 0. The van der Waals surface area contributed by atoms with Crippen LogP contribution in [0.15, 0.2) is 36.5 Å². The fourth-order valence-electron chi connectivity index (χ4n) is 1.82. The minimum absolute atomic E-state index is 0.767. The van der Waals surface area contributed by atoms with Crippen LogP contribution in [0.4, 0.5) is 0 Å². The Hall–Kier alpha value is -2.03. The van der Waals surface area contributed by atoms with Crippen molar-refractivity contribution in [3.63, 3.8) is 0 Å². The largest absolute Gasteiger partial charge is 0.482 e. The first-order chi connectivity index (χ1) is 7.38. The number of aromatic nitrogens is 2. The molecule has 3 rings (SSSR count). The van der Waals surface area contributed by atoms with Gasteiger partial charge in [-0.1, -0.05) is 18.2 Å². The molecule has 1 aromatic carbocycles. The van der Waals surface area contributed by atoms with Gasteiger partial charge in [-0.2, -0.15) is 0 Å². The third-order valence-corrected chi connectivity index (χ3v) is 2.56. The Labute approximate surface area is 86.7 Å². The molecule has 3 aromatic rings. The number of aromatic amines is 1. The number of fused-ring (bicyclic) bond motifs is 3. The molecule has 3 heteroatoms. The summed E-state index contributed by atoms with van der Waals surface area (Å²) in [4.78, 5) is 7.61. The number of hydrogen-bond acceptors (Lipinski definition) is 2. The molecule has 0 aliphatic rings. The van der Waals surface area contributed by atoms with E-state index in [1.807, 2.05) is 30.5 Å². The van der Waals surface area contributed by atoms with Gasteiger partial charge in [0, 0.05) is 23.0 Å². The molecule has 2 aromatic heterocycles. The third kappa shape index (κ3) is 1.16. The lowest BCUT2D eigenvalue weighted by molar-refractivity contribution is 0.401. The first-order valence-corrected chi connectivity index (χ1v) is 4.79. The number of ether oxygens (including phenoxy) is 1. The summed E-state index contributed by atoms with van der Waals surface area (Å²) in [5, 5.41) is 2.20. The maximum Gasteiger partial charge on any atom is 0.191 e. The van der Waals surface area contributed by atoms with Crippen LogP contribution in [0.2, 0.25) is 0 Å². The molecule has 2 heterocycles. The predicted octanol–water partition coefficient (Wildman–Crippen LogP) is 2.72. The minimum Gasteiger partial charge on any atom is -0.482 e. The second-order valence-electron chi connectivity index (χ2n) is 3.44. The van der Waals surface area contributed by atoms with E-state index in [2.05, 4.69) is 16.0 Å². The van der Waals surface area contributed by atoms with Crippen molar-refractivity contribution in [1.29, 1.82) is 0 Å². The van der Waals surface area contributed by atoms with Gasteiger partial charge in [-0.15, -0.1) is 0 Å². The molecule has 0 aliphatic carbocycles. The monoisotopic (exact) mass is 198 g/mol. The quantitative estimate of drug-likeness (QED) is 0.652. The van der Waals surface area contributed by atoms with Crippen LogP contribution in [-0.2, 0) is 0 Å². The molecule has 0 amide bonds. The van der Waals surface area contributed by atoms with Gasteiger partial charge in [0.2, 0.25) is 0 Å². The fraction of sp³-hybridized carbons (Fsp3) is 0.0833. The first-order valence-electron chi connectivity index (χ1n) is 4.79. The summed E-state index contributed by atoms with van der Waals surface area (Å²) in [6.45, 7) is 0. The van der Waals surface area contributed by atoms with Crippen molar-refractivity contribution in [2.45, 2.75) is 0 Å². The SMILES string of the molecule is COc1cc2cnc3ccccc3c2[nH]1. The normalized spacial score (nSPS) is 11.0. The molecule has 0 fully saturated rings. The molecule has 0 saturated heterocycles. The van der Waals surface area contributed by atoms with Crippen LogP contribution in [0, 0.1) is 0 Å². The van der Waals surface area contributed by atoms with Gasteiger partial charge in [-0.25, -0.2) is 0 Å². The number of H-pyrrole nitrogens is 1. The van der Waals surface area contributed by atoms with E-state index in [1.54, 1.807) is 7.11 Å². The van der Waals surface area contributed by atoms with Crippen molar-refractivity contribution in [1.82, 2.24) is 9.97 Å². The van der Waals surface area contributed by atoms with Crippen LogP contribution in [0.25, 0.3) is 21.8 Å². The summed E-state index contributed by atoms with van der Waals surface area (Å²) in [7, 11) is 1.65. The zero-order chi connectivity index (χ0) is 10.3. The van der Waals surface area contributed by atoms with E-state index in [9.17, 15) is 0 Å². The van der Waals surface area contributed by atoms with Gasteiger partial charge < -0.3 is 9.72 Å². The van der Waals surface area contributed by atoms with Gasteiger partial charge in [0.15, 0.2) is 5.88 Å². The molecule has 1 N–H and O–H groups in total. The molecule has 0 radical (unpaired) electrons. The van der Waals surface area contributed by atoms with Crippen molar-refractivity contribution in [2.75, 3.05) is 7.11 Å². The van der Waals surface area contributed by atoms with E-state index in [1.165, 1.54) is 0 Å². The zero-order valence-corrected chi connectivity index (χ0v) is 8.32. The van der Waals surface area contributed by atoms with Gasteiger partial charge in [0.25, 0.3) is 0 Å². The van der Waals surface area contributed by atoms with E-state index in [0.717, 1.165) is 27.7 Å². The number of rotatable bonds is 1. The van der Waals surface area contributed by atoms with Crippen LogP contribution >= 0.6 is 0 Å². The minimum atomic E-state index is 0.767. The number of hydrogen-bond donors (Lipinski definition) is 1. The smallest absolute Gasteiger partial charge is 0.191 e. The third-order valence-electron chi connectivity index (χ3n) is 2.56. The molecule has 3 nitrogen and oxygen atoms in total. The molecule has 0 spiro atoms. The summed E-state index contributed by atoms with van der Waals surface area (Å²) < 4.78 is 5.16. The number of benzene rings is 1. The highest BCUT2D eigenvalue weighted by molar-refractivity contribution is 6.03. The Morgan fingerprint density at radius 1 is 1.27 bits per heavy atom. The molecule has 0 unspecified atom stereocenters. The summed E-state index contributed by atoms with van der Waals surface area (Å²) in [6, 6.07) is 10.0. The van der Waals surface area contributed by atoms with E-state index < -0.39 is 0 Å². The number of para-hydroxylation sites is 1. The first kappa shape index (κ1) is 8.29. The summed E-state index contributed by atoms with van der Waals surface area (Å²) in [5.74, 6) is 0.767. The highest BCUT2D eigenvalue weighted by Crippen LogP contribution is 2.25. The molecule has 0 bridgehead atoms. The highest BCUT2D eigenvalue weighted by Gasteiger charge is 2.04. The maximum atomic E-state index is 5.16. The highest BCUT2D eigenvalue weighted by atomic mass is 16.5. The van der Waals surface area contributed by atoms with Crippen LogP contribution in [0.5, 0.6) is 5.88 Å². The number of methoxy groups -OCH3 is 1. The Balaban J connectivity index is 2.47. The molecule has 0 aliphatic heterocycles. The molecular formula is C12H10N2O. The predicted molar refractivity (Wildman–Crippen MR) is 60.2 cm³/mol. The Kier molecular flexibility index (Phi) is 1.65. The average Bonchev–Trinajstić information content (AvgIpc) is 2.72. The Morgan fingerprint density at radius 3 is 3.00 bits per heavy atom. The zero-order valence-electron chi connectivity index (χ0n) is 8.32. The van der Waals surface area contributed by atoms with E-state index in [0.29, 0.717) is 0 Å². The van der Waals surface area contributed by atoms with Crippen LogP contribution < -0.4 is 4.74 Å². The van der Waals surface area contributed by atoms with Crippen LogP contribution in [0.3, 0.4) is 0 Å². The van der Waals surface area contributed by atoms with Crippen molar-refractivity contribution < 1.29 is 4.74 Å². The van der Waals surface area contributed by atoms with E-state index >= 15 is 0 Å². The summed E-state index contributed by atoms with van der Waals surface area (Å²) in [5.41, 5.74) is 2.08. The van der Waals surface area contributed by atoms with Gasteiger partial charge in [0.1, 0.15) is 0 Å². The second-order valence-corrected chi connectivity index (χ2v) is 3.44. The number of nitrogens with one attached hydrogen (secondary N) is 1. The van der Waals surface area contributed by atoms with Gasteiger partial charge >= 0.3 is 0 Å². The van der Waals surface area contributed by atoms with Gasteiger partial charge in [-0.3, -0.25) is 4.98 Å². The van der Waals surface area contributed by atoms with E-state index in [-0.39, 0.29) is 0 Å². The lowest BCUT2D eigenvalue weighted by Gasteiger charge is -1.97. The second kappa shape index (κ2) is 2.98. The molecular weight excluding hydrogens is 188 g/mol. The van der Waals surface area contributed by atoms with E-state index in [4.69, 9.17) is 4.74 Å². The van der Waals surface area contributed by atoms with Crippen molar-refractivity contribution in [3.05, 3.63) is 36.5 Å². The Morgan fingerprint density at radius 2 is 2.13 bits per heavy atom. The fourth-order valence-corrected chi connectivity index (χ4v) is 1.82. The van der Waals surface area contributed by atoms with Crippen molar-refractivity contribution in [2.24, 2.45) is 0 Å². The topological polar surface area (TPSA) is 37.9 Å². The lowest BCUT2D eigenvalue weighted by atomic mass is 10.2. The van der Waals surface area contributed by atoms with Crippen molar-refractivity contribution >= 4 is 21.8 Å². The Bertz CT molecular complexity index is 628. The molecule has 15 heavy (non-hydrogen) atoms. The average molecular weight is 198 g/mol.